The minimum Gasteiger partial charge on any atom is -0.490 e. The van der Waals surface area contributed by atoms with E-state index in [9.17, 15) is 0 Å². The molecule has 1 fully saturated rings. The predicted molar refractivity (Wildman–Crippen MR) is 133 cm³/mol. The molecule has 2 aliphatic rings. The fourth-order valence-corrected chi connectivity index (χ4v) is 4.17. The number of fused-ring (bicyclic) bond motifs is 6. The highest BCUT2D eigenvalue weighted by atomic mass is 16.5. The topological polar surface area (TPSA) is 114 Å². The molecule has 1 aliphatic heterocycles. The third-order valence-electron chi connectivity index (χ3n) is 6.18. The van der Waals surface area contributed by atoms with Crippen LogP contribution in [0.25, 0.3) is 22.5 Å². The summed E-state index contributed by atoms with van der Waals surface area (Å²) in [7, 11) is 1.84. The molecule has 1 N–H and O–H groups in total. The van der Waals surface area contributed by atoms with E-state index in [-0.39, 0.29) is 6.10 Å². The van der Waals surface area contributed by atoms with Gasteiger partial charge in [-0.05, 0) is 32.8 Å². The summed E-state index contributed by atoms with van der Waals surface area (Å²) in [5, 5.41) is 12.3. The molecule has 186 valence electrons. The lowest BCUT2D eigenvalue weighted by atomic mass is 10.1. The van der Waals surface area contributed by atoms with Gasteiger partial charge in [0.2, 0.25) is 11.8 Å². The van der Waals surface area contributed by atoms with Crippen LogP contribution in [0.15, 0.2) is 36.9 Å². The number of nitrogens with zero attached hydrogens (tertiary/aromatic N) is 7. The maximum Gasteiger partial charge on any atom is 0.240 e. The molecule has 4 aromatic rings. The summed E-state index contributed by atoms with van der Waals surface area (Å²) in [6, 6.07) is 4.11. The molecule has 6 rings (SSSR count). The minimum absolute atomic E-state index is 0.123. The van der Waals surface area contributed by atoms with Crippen LogP contribution in [-0.4, -0.2) is 53.8 Å². The van der Waals surface area contributed by atoms with Crippen LogP contribution in [0, 0.1) is 0 Å². The van der Waals surface area contributed by atoms with Crippen LogP contribution in [0.2, 0.25) is 0 Å². The summed E-state index contributed by atoms with van der Waals surface area (Å²) in [4.78, 5) is 13.8. The van der Waals surface area contributed by atoms with Gasteiger partial charge in [0.15, 0.2) is 5.82 Å². The second-order valence-corrected chi connectivity index (χ2v) is 9.00. The molecule has 4 bridgehead atoms. The zero-order valence-corrected chi connectivity index (χ0v) is 20.5. The molecule has 0 saturated heterocycles. The van der Waals surface area contributed by atoms with Crippen LogP contribution < -0.4 is 19.5 Å². The fraction of sp³-hybridized carbons (Fsp3) is 0.400. The van der Waals surface area contributed by atoms with E-state index in [1.165, 1.54) is 0 Å². The number of aryl methyl sites for hydroxylation is 1. The zero-order valence-electron chi connectivity index (χ0n) is 20.5. The van der Waals surface area contributed by atoms with Gasteiger partial charge in [0.1, 0.15) is 22.9 Å². The molecule has 1 aliphatic carbocycles. The fourth-order valence-electron chi connectivity index (χ4n) is 4.17. The Morgan fingerprint density at radius 3 is 2.83 bits per heavy atom. The van der Waals surface area contributed by atoms with Crippen molar-refractivity contribution in [2.75, 3.05) is 18.5 Å². The van der Waals surface area contributed by atoms with Gasteiger partial charge in [-0.2, -0.15) is 5.10 Å². The Bertz CT molecular complexity index is 1390. The molecule has 0 spiro atoms. The van der Waals surface area contributed by atoms with E-state index in [0.717, 1.165) is 29.5 Å². The molecule has 4 aromatic heterocycles. The van der Waals surface area contributed by atoms with Gasteiger partial charge in [-0.25, -0.2) is 19.6 Å². The summed E-state index contributed by atoms with van der Waals surface area (Å²) in [5.74, 6) is 3.62. The van der Waals surface area contributed by atoms with Crippen molar-refractivity contribution in [1.82, 2.24) is 34.5 Å². The van der Waals surface area contributed by atoms with E-state index in [4.69, 9.17) is 19.3 Å². The van der Waals surface area contributed by atoms with Crippen molar-refractivity contribution in [3.8, 4) is 40.0 Å². The summed E-state index contributed by atoms with van der Waals surface area (Å²) in [6.45, 7) is 4.96. The Hall–Kier alpha value is -4.15. The van der Waals surface area contributed by atoms with Crippen molar-refractivity contribution < 1.29 is 14.2 Å². The van der Waals surface area contributed by atoms with Crippen LogP contribution >= 0.6 is 0 Å². The highest BCUT2D eigenvalue weighted by Gasteiger charge is 2.28. The zero-order chi connectivity index (χ0) is 24.6. The maximum atomic E-state index is 6.45. The number of hydrogen-bond acceptors (Lipinski definition) is 9. The summed E-state index contributed by atoms with van der Waals surface area (Å²) < 4.78 is 22.1. The molecule has 0 amide bonds. The highest BCUT2D eigenvalue weighted by molar-refractivity contribution is 5.75. The van der Waals surface area contributed by atoms with E-state index in [0.29, 0.717) is 60.6 Å². The Morgan fingerprint density at radius 2 is 2.00 bits per heavy atom. The van der Waals surface area contributed by atoms with Crippen LogP contribution in [-0.2, 0) is 7.05 Å². The number of nitrogens with one attached hydrogen (secondary N) is 1. The van der Waals surface area contributed by atoms with Gasteiger partial charge in [-0.15, -0.1) is 5.10 Å². The lowest BCUT2D eigenvalue weighted by Gasteiger charge is -2.19. The number of anilines is 2. The number of ether oxygens (including phenoxy) is 3. The first kappa shape index (κ1) is 22.3. The average Bonchev–Trinajstić information content (AvgIpc) is 3.54. The van der Waals surface area contributed by atoms with Crippen molar-refractivity contribution in [1.29, 1.82) is 0 Å². The molecule has 36 heavy (non-hydrogen) atoms. The molecule has 11 nitrogen and oxygen atoms in total. The van der Waals surface area contributed by atoms with Gasteiger partial charge in [-0.1, -0.05) is 0 Å². The lowest BCUT2D eigenvalue weighted by molar-refractivity contribution is 0.173. The number of hydrogen-bond donors (Lipinski definition) is 1. The van der Waals surface area contributed by atoms with E-state index in [2.05, 4.69) is 25.4 Å². The third-order valence-corrected chi connectivity index (χ3v) is 6.18. The molecule has 0 unspecified atom stereocenters. The van der Waals surface area contributed by atoms with Gasteiger partial charge < -0.3 is 19.5 Å². The highest BCUT2D eigenvalue weighted by Crippen LogP contribution is 2.42. The van der Waals surface area contributed by atoms with Crippen LogP contribution in [0.5, 0.6) is 17.5 Å². The van der Waals surface area contributed by atoms with E-state index >= 15 is 0 Å². The first-order valence-corrected chi connectivity index (χ1v) is 12.2. The molecule has 1 atom stereocenters. The molecule has 5 heterocycles. The quantitative estimate of drug-likeness (QED) is 0.452. The molecule has 1 saturated carbocycles. The maximum absolute atomic E-state index is 6.45. The minimum atomic E-state index is -0.123. The van der Waals surface area contributed by atoms with Crippen molar-refractivity contribution in [3.63, 3.8) is 0 Å². The Labute approximate surface area is 208 Å². The third kappa shape index (κ3) is 4.32. The standard InChI is InChI=1S/C25H28N8O3/c1-4-34-24-19(14-33(31-24)16-5-6-16)17-12-27-22-11-20(17)36-15(2)8-10-35-25-18(13-28-32(25)3)23-26-9-7-21(29-22)30-23/h7,9,11-16H,4-6,8,10H2,1-3H3,(H,26,27,29,30)/t15-/m0/s1. The van der Waals surface area contributed by atoms with Crippen molar-refractivity contribution >= 4 is 11.6 Å². The Balaban J connectivity index is 1.41. The predicted octanol–water partition coefficient (Wildman–Crippen LogP) is 4.16. The van der Waals surface area contributed by atoms with Gasteiger partial charge in [0.25, 0.3) is 0 Å². The second kappa shape index (κ2) is 9.14. The number of pyridine rings is 1. The first-order valence-electron chi connectivity index (χ1n) is 12.2. The molecule has 11 heteroatoms. The van der Waals surface area contributed by atoms with Crippen molar-refractivity contribution in [2.45, 2.75) is 45.3 Å². The summed E-state index contributed by atoms with van der Waals surface area (Å²) in [5.41, 5.74) is 2.42. The smallest absolute Gasteiger partial charge is 0.240 e. The molecule has 0 aromatic carbocycles. The van der Waals surface area contributed by atoms with Crippen LogP contribution in [0.1, 0.15) is 39.2 Å². The van der Waals surface area contributed by atoms with Crippen molar-refractivity contribution in [2.24, 2.45) is 7.05 Å². The SMILES string of the molecule is CCOc1nn(C2CC2)cc1-c1cnc2cc1O[C@@H](C)CCOc1c(cnn1C)-c1nccc(n1)N2. The van der Waals surface area contributed by atoms with Crippen molar-refractivity contribution in [3.05, 3.63) is 36.9 Å². The van der Waals surface area contributed by atoms with Gasteiger partial charge in [0, 0.05) is 43.7 Å². The normalized spacial score (nSPS) is 17.2. The Kier molecular flexibility index (Phi) is 5.67. The molecule has 0 radical (unpaired) electrons. The summed E-state index contributed by atoms with van der Waals surface area (Å²) >= 11 is 0. The monoisotopic (exact) mass is 488 g/mol. The lowest BCUT2D eigenvalue weighted by Crippen LogP contribution is -2.17. The van der Waals surface area contributed by atoms with Crippen LogP contribution in [0.4, 0.5) is 11.6 Å². The number of rotatable bonds is 4. The first-order chi connectivity index (χ1) is 17.6. The van der Waals surface area contributed by atoms with E-state index in [1.54, 1.807) is 29.3 Å². The van der Waals surface area contributed by atoms with Gasteiger partial charge >= 0.3 is 0 Å². The molecular weight excluding hydrogens is 460 g/mol. The largest absolute Gasteiger partial charge is 0.490 e. The van der Waals surface area contributed by atoms with Gasteiger partial charge in [0.05, 0.1) is 37.1 Å². The Morgan fingerprint density at radius 1 is 1.11 bits per heavy atom. The summed E-state index contributed by atoms with van der Waals surface area (Å²) in [6.07, 6.45) is 10.0. The van der Waals surface area contributed by atoms with E-state index in [1.807, 2.05) is 37.8 Å². The second-order valence-electron chi connectivity index (χ2n) is 9.00. The van der Waals surface area contributed by atoms with Crippen LogP contribution in [0.3, 0.4) is 0 Å². The number of aromatic nitrogens is 7. The average molecular weight is 489 g/mol. The van der Waals surface area contributed by atoms with E-state index < -0.39 is 0 Å². The molecular formula is C25H28N8O3. The van der Waals surface area contributed by atoms with Gasteiger partial charge in [-0.3, -0.25) is 4.68 Å².